The first-order valence-corrected chi connectivity index (χ1v) is 29.6. The predicted molar refractivity (Wildman–Crippen MR) is 196 cm³/mol. The average Bonchev–Trinajstić information content (AvgIpc) is 2.91. The average molecular weight is 713 g/mol. The highest BCUT2D eigenvalue weighted by Crippen LogP contribution is 2.29. The third-order valence-electron chi connectivity index (χ3n) is 7.89. The molecule has 0 radical (unpaired) electrons. The summed E-state index contributed by atoms with van der Waals surface area (Å²) in [4.78, 5) is 30.0. The van der Waals surface area contributed by atoms with Crippen LogP contribution in [0.3, 0.4) is 0 Å². The molecule has 0 aliphatic carbocycles. The molecule has 0 bridgehead atoms. The number of unbranched alkanes of at least 4 members (excludes halogenated alkanes) is 8. The zero-order valence-corrected chi connectivity index (χ0v) is 34.2. The maximum absolute atomic E-state index is 12.7. The van der Waals surface area contributed by atoms with E-state index in [1.54, 1.807) is 0 Å². The molecule has 1 saturated heterocycles. The Bertz CT molecular complexity index is 1050. The largest absolute Gasteiger partial charge is 0.437 e. The quantitative estimate of drug-likeness (QED) is 0.0458. The van der Waals surface area contributed by atoms with Crippen LogP contribution in [0.2, 0.25) is 65.0 Å². The van der Waals surface area contributed by atoms with E-state index >= 15 is 0 Å². The highest BCUT2D eigenvalue weighted by atomic mass is 28.5. The fourth-order valence-electron chi connectivity index (χ4n) is 6.42. The molecule has 1 fully saturated rings. The van der Waals surface area contributed by atoms with Crippen LogP contribution in [0.25, 0.3) is 0 Å². The molecule has 1 aromatic carbocycles. The molecule has 1 heterocycles. The normalized spacial score (nSPS) is 19.8. The van der Waals surface area contributed by atoms with Gasteiger partial charge in [-0.05, 0) is 77.0 Å². The molecule has 0 saturated carbocycles. The molecule has 1 aromatic rings. The van der Waals surface area contributed by atoms with Gasteiger partial charge in [0.2, 0.25) is 11.8 Å². The van der Waals surface area contributed by atoms with Crippen molar-refractivity contribution in [3.8, 4) is 0 Å². The summed E-state index contributed by atoms with van der Waals surface area (Å²) in [5.41, 5.74) is 0.991. The van der Waals surface area contributed by atoms with E-state index in [2.05, 4.69) is 69.6 Å². The van der Waals surface area contributed by atoms with Gasteiger partial charge in [0.05, 0.1) is 6.10 Å². The Morgan fingerprint density at radius 3 is 1.72 bits per heavy atom. The monoisotopic (exact) mass is 712 g/mol. The maximum Gasteiger partial charge on any atom is 0.315 e. The molecule has 46 heavy (non-hydrogen) atoms. The van der Waals surface area contributed by atoms with Crippen LogP contribution in [0.1, 0.15) is 76.2 Å². The molecule has 264 valence electrons. The van der Waals surface area contributed by atoms with Gasteiger partial charge in [-0.25, -0.2) is 4.89 Å². The Balaban J connectivity index is 1.60. The molecule has 13 heteroatoms. The van der Waals surface area contributed by atoms with Gasteiger partial charge in [-0.1, -0.05) is 88.1 Å². The molecule has 9 nitrogen and oxygen atoms in total. The SMILES string of the molecule is C[Si](C)(C)O[Si](C)(C)O[Si](C)(CCCCCCCCCCCC(CC1NC(=O)C(Cc2ccccc2)NC1=O)OO)O[Si](C)(C)C. The summed E-state index contributed by atoms with van der Waals surface area (Å²) in [7, 11) is -7.98. The fourth-order valence-corrected chi connectivity index (χ4v) is 24.4. The zero-order valence-electron chi connectivity index (χ0n) is 30.2. The molecule has 1 aliphatic rings. The van der Waals surface area contributed by atoms with Crippen molar-refractivity contribution in [1.82, 2.24) is 10.6 Å². The van der Waals surface area contributed by atoms with E-state index in [9.17, 15) is 14.8 Å². The van der Waals surface area contributed by atoms with E-state index in [1.807, 2.05) is 30.3 Å². The van der Waals surface area contributed by atoms with Gasteiger partial charge in [0.15, 0.2) is 16.6 Å². The van der Waals surface area contributed by atoms with E-state index < -0.39 is 51.9 Å². The van der Waals surface area contributed by atoms with E-state index in [1.165, 1.54) is 32.1 Å². The van der Waals surface area contributed by atoms with Crippen LogP contribution in [0, 0.1) is 0 Å². The molecule has 2 rings (SSSR count). The second-order valence-electron chi connectivity index (χ2n) is 15.6. The van der Waals surface area contributed by atoms with Crippen molar-refractivity contribution in [1.29, 1.82) is 0 Å². The number of carbonyl (C=O) groups excluding carboxylic acids is 2. The van der Waals surface area contributed by atoms with Crippen molar-refractivity contribution >= 4 is 45.6 Å². The first kappa shape index (κ1) is 41.0. The van der Waals surface area contributed by atoms with Crippen LogP contribution in [0.5, 0.6) is 0 Å². The number of hydrogen-bond donors (Lipinski definition) is 3. The van der Waals surface area contributed by atoms with E-state index in [-0.39, 0.29) is 18.2 Å². The van der Waals surface area contributed by atoms with Crippen LogP contribution in [0.4, 0.5) is 0 Å². The lowest BCUT2D eigenvalue weighted by atomic mass is 9.97. The molecule has 3 N–H and O–H groups in total. The Morgan fingerprint density at radius 1 is 0.674 bits per heavy atom. The molecule has 1 aliphatic heterocycles. The van der Waals surface area contributed by atoms with Crippen LogP contribution in [0.15, 0.2) is 30.3 Å². The van der Waals surface area contributed by atoms with E-state index in [0.717, 1.165) is 37.3 Å². The number of amides is 2. The van der Waals surface area contributed by atoms with Crippen LogP contribution >= 0.6 is 0 Å². The van der Waals surface area contributed by atoms with Gasteiger partial charge in [0.25, 0.3) is 0 Å². The Kier molecular flexibility index (Phi) is 17.0. The predicted octanol–water partition coefficient (Wildman–Crippen LogP) is 7.86. The smallest absolute Gasteiger partial charge is 0.315 e. The minimum absolute atomic E-state index is 0.202. The number of nitrogens with one attached hydrogen (secondary N) is 2. The highest BCUT2D eigenvalue weighted by molar-refractivity contribution is 6.89. The summed E-state index contributed by atoms with van der Waals surface area (Å²) < 4.78 is 20.0. The standard InChI is InChI=1S/C33H64N2O7Si4/c1-43(2,3)40-45(7,8)42-46(9,41-44(4,5)6)25-21-16-14-12-10-11-13-15-20-24-29(39-38)27-31-33(37)34-30(32(36)35-31)26-28-22-18-17-19-23-28/h17-19,22-23,29-31,38H,10-16,20-21,24-27H2,1-9H3,(H,34,37)(H,35,36). The second kappa shape index (κ2) is 19.1. The third-order valence-corrected chi connectivity index (χ3v) is 21.4. The molecule has 4 unspecified atom stereocenters. The van der Waals surface area contributed by atoms with Gasteiger partial charge in [-0.3, -0.25) is 14.8 Å². The first-order valence-electron chi connectivity index (χ1n) is 17.5. The summed E-state index contributed by atoms with van der Waals surface area (Å²) in [5.74, 6) is -0.431. The van der Waals surface area contributed by atoms with Gasteiger partial charge in [0, 0.05) is 12.8 Å². The number of carbonyl (C=O) groups is 2. The summed E-state index contributed by atoms with van der Waals surface area (Å²) in [5, 5.41) is 15.1. The topological polar surface area (TPSA) is 115 Å². The van der Waals surface area contributed by atoms with Gasteiger partial charge >= 0.3 is 17.1 Å². The van der Waals surface area contributed by atoms with Gasteiger partial charge < -0.3 is 23.0 Å². The maximum atomic E-state index is 12.7. The Morgan fingerprint density at radius 2 is 1.17 bits per heavy atom. The van der Waals surface area contributed by atoms with E-state index in [4.69, 9.17) is 17.2 Å². The minimum atomic E-state index is -2.31. The lowest BCUT2D eigenvalue weighted by molar-refractivity contribution is -0.282. The first-order chi connectivity index (χ1) is 21.4. The summed E-state index contributed by atoms with van der Waals surface area (Å²) in [6.07, 6.45) is 11.2. The van der Waals surface area contributed by atoms with Crippen molar-refractivity contribution in [3.63, 3.8) is 0 Å². The second-order valence-corrected chi connectivity index (χ2v) is 32.0. The van der Waals surface area contributed by atoms with Crippen LogP contribution in [-0.2, 0) is 33.2 Å². The third kappa shape index (κ3) is 17.3. The zero-order chi connectivity index (χ0) is 34.4. The van der Waals surface area contributed by atoms with Crippen molar-refractivity contribution in [2.75, 3.05) is 0 Å². The molecule has 2 amide bonds. The van der Waals surface area contributed by atoms with Crippen molar-refractivity contribution in [2.24, 2.45) is 0 Å². The summed E-state index contributed by atoms with van der Waals surface area (Å²) in [6.45, 7) is 20.1. The molecular weight excluding hydrogens is 649 g/mol. The minimum Gasteiger partial charge on any atom is -0.437 e. The van der Waals surface area contributed by atoms with Gasteiger partial charge in [-0.15, -0.1) is 0 Å². The Labute approximate surface area is 283 Å². The van der Waals surface area contributed by atoms with Crippen molar-refractivity contribution < 1.29 is 32.1 Å². The molecule has 4 atom stereocenters. The van der Waals surface area contributed by atoms with Crippen LogP contribution < -0.4 is 10.6 Å². The summed E-state index contributed by atoms with van der Waals surface area (Å²) >= 11 is 0. The van der Waals surface area contributed by atoms with E-state index in [0.29, 0.717) is 12.8 Å². The molecule has 0 spiro atoms. The Hall–Kier alpha value is -1.17. The van der Waals surface area contributed by atoms with Gasteiger partial charge in [0.1, 0.15) is 12.1 Å². The fraction of sp³-hybridized carbons (Fsp3) is 0.758. The lowest BCUT2D eigenvalue weighted by Crippen LogP contribution is -2.62. The molecular formula is C33H64N2O7Si4. The van der Waals surface area contributed by atoms with Gasteiger partial charge in [-0.2, -0.15) is 0 Å². The van der Waals surface area contributed by atoms with Crippen molar-refractivity contribution in [3.05, 3.63) is 35.9 Å². The van der Waals surface area contributed by atoms with Crippen molar-refractivity contribution in [2.45, 2.75) is 160 Å². The lowest BCUT2D eigenvalue weighted by Gasteiger charge is -2.41. The highest BCUT2D eigenvalue weighted by Gasteiger charge is 2.44. The summed E-state index contributed by atoms with van der Waals surface area (Å²) in [6, 6.07) is 9.37. The number of rotatable bonds is 23. The van der Waals surface area contributed by atoms with Crippen LogP contribution in [-0.4, -0.2) is 69.0 Å². The number of hydrogen-bond acceptors (Lipinski definition) is 7. The number of benzene rings is 1. The number of piperazine rings is 1. The molecule has 0 aromatic heterocycles.